The van der Waals surface area contributed by atoms with Crippen molar-refractivity contribution in [3.05, 3.63) is 71.8 Å². The smallest absolute Gasteiger partial charge is 0.185 e. The molecule has 0 unspecified atom stereocenters. The molecule has 0 saturated heterocycles. The predicted octanol–water partition coefficient (Wildman–Crippen LogP) is 5.92. The van der Waals surface area contributed by atoms with Crippen LogP contribution in [0.4, 0.5) is 0 Å². The molecule has 0 bridgehead atoms. The van der Waals surface area contributed by atoms with Crippen LogP contribution in [-0.2, 0) is 0 Å². The average Bonchev–Trinajstić information content (AvgIpc) is 2.64. The quantitative estimate of drug-likeness (QED) is 0.219. The Labute approximate surface area is 152 Å². The van der Waals surface area contributed by atoms with Gasteiger partial charge in [-0.05, 0) is 36.6 Å². The third-order valence-corrected chi connectivity index (χ3v) is 4.22. The van der Waals surface area contributed by atoms with Gasteiger partial charge in [0.1, 0.15) is 5.75 Å². The number of hydrogen-bond donors (Lipinski definition) is 0. The van der Waals surface area contributed by atoms with Crippen LogP contribution in [0.1, 0.15) is 41.6 Å². The molecule has 0 fully saturated rings. The molecule has 0 aliphatic carbocycles. The molecule has 3 heteroatoms. The summed E-state index contributed by atoms with van der Waals surface area (Å²) >= 11 is 3.44. The first-order chi connectivity index (χ1) is 11.8. The Balaban J connectivity index is 1.77. The monoisotopic (exact) mass is 386 g/mol. The summed E-state index contributed by atoms with van der Waals surface area (Å²) in [4.78, 5) is 12.0. The van der Waals surface area contributed by atoms with E-state index in [9.17, 15) is 4.79 Å². The Bertz CT molecular complexity index is 633. The van der Waals surface area contributed by atoms with E-state index in [0.717, 1.165) is 29.7 Å². The van der Waals surface area contributed by atoms with Crippen molar-refractivity contribution >= 4 is 27.8 Å². The zero-order valence-electron chi connectivity index (χ0n) is 13.8. The van der Waals surface area contributed by atoms with Gasteiger partial charge in [0.15, 0.2) is 5.78 Å². The fraction of sp³-hybridized carbons (Fsp3) is 0.286. The molecule has 126 valence electrons. The molecule has 2 rings (SSSR count). The van der Waals surface area contributed by atoms with Crippen LogP contribution >= 0.6 is 15.9 Å². The van der Waals surface area contributed by atoms with Gasteiger partial charge in [-0.2, -0.15) is 0 Å². The number of halogens is 1. The van der Waals surface area contributed by atoms with E-state index >= 15 is 0 Å². The second-order valence-electron chi connectivity index (χ2n) is 5.58. The lowest BCUT2D eigenvalue weighted by Gasteiger charge is -2.06. The maximum atomic E-state index is 12.0. The summed E-state index contributed by atoms with van der Waals surface area (Å²) in [5.74, 6) is 0.890. The largest absolute Gasteiger partial charge is 0.494 e. The second kappa shape index (κ2) is 10.8. The van der Waals surface area contributed by atoms with E-state index in [1.165, 1.54) is 19.3 Å². The predicted molar refractivity (Wildman–Crippen MR) is 104 cm³/mol. The number of allylic oxidation sites excluding steroid dienone is 1. The third kappa shape index (κ3) is 6.71. The molecule has 0 saturated carbocycles. The molecule has 0 heterocycles. The van der Waals surface area contributed by atoms with Gasteiger partial charge in [0.2, 0.25) is 0 Å². The van der Waals surface area contributed by atoms with Gasteiger partial charge in [0.05, 0.1) is 6.61 Å². The highest BCUT2D eigenvalue weighted by Crippen LogP contribution is 2.14. The Morgan fingerprint density at radius 1 is 0.917 bits per heavy atom. The number of rotatable bonds is 10. The van der Waals surface area contributed by atoms with Crippen LogP contribution in [0.25, 0.3) is 6.08 Å². The highest BCUT2D eigenvalue weighted by molar-refractivity contribution is 9.09. The van der Waals surface area contributed by atoms with Crippen LogP contribution in [0.3, 0.4) is 0 Å². The molecular weight excluding hydrogens is 364 g/mol. The van der Waals surface area contributed by atoms with E-state index < -0.39 is 0 Å². The van der Waals surface area contributed by atoms with Crippen molar-refractivity contribution in [2.45, 2.75) is 25.7 Å². The van der Waals surface area contributed by atoms with E-state index in [-0.39, 0.29) is 5.78 Å². The summed E-state index contributed by atoms with van der Waals surface area (Å²) < 4.78 is 5.73. The summed E-state index contributed by atoms with van der Waals surface area (Å²) in [6, 6.07) is 17.1. The molecule has 24 heavy (non-hydrogen) atoms. The van der Waals surface area contributed by atoms with Crippen molar-refractivity contribution in [1.29, 1.82) is 0 Å². The van der Waals surface area contributed by atoms with Crippen molar-refractivity contribution in [2.24, 2.45) is 0 Å². The molecule has 0 radical (unpaired) electrons. The average molecular weight is 387 g/mol. The van der Waals surface area contributed by atoms with Gasteiger partial charge in [0.25, 0.3) is 0 Å². The lowest BCUT2D eigenvalue weighted by atomic mass is 10.1. The molecule has 0 N–H and O–H groups in total. The van der Waals surface area contributed by atoms with Crippen molar-refractivity contribution < 1.29 is 9.53 Å². The highest BCUT2D eigenvalue weighted by atomic mass is 79.9. The summed E-state index contributed by atoms with van der Waals surface area (Å²) in [7, 11) is 0. The normalized spacial score (nSPS) is 10.9. The molecule has 2 aromatic carbocycles. The van der Waals surface area contributed by atoms with Crippen molar-refractivity contribution in [3.8, 4) is 5.75 Å². The van der Waals surface area contributed by atoms with Gasteiger partial charge < -0.3 is 4.74 Å². The van der Waals surface area contributed by atoms with E-state index in [4.69, 9.17) is 4.74 Å². The molecule has 0 aliphatic rings. The van der Waals surface area contributed by atoms with Crippen molar-refractivity contribution in [3.63, 3.8) is 0 Å². The third-order valence-electron chi connectivity index (χ3n) is 3.66. The first-order valence-corrected chi connectivity index (χ1v) is 9.48. The molecule has 0 atom stereocenters. The van der Waals surface area contributed by atoms with Gasteiger partial charge in [0, 0.05) is 10.9 Å². The molecule has 0 aliphatic heterocycles. The van der Waals surface area contributed by atoms with Crippen LogP contribution in [0.5, 0.6) is 5.75 Å². The highest BCUT2D eigenvalue weighted by Gasteiger charge is 2.00. The van der Waals surface area contributed by atoms with Crippen LogP contribution in [0.15, 0.2) is 60.7 Å². The molecule has 0 amide bonds. The summed E-state index contributed by atoms with van der Waals surface area (Å²) in [5.41, 5.74) is 1.69. The van der Waals surface area contributed by atoms with Crippen LogP contribution in [0.2, 0.25) is 0 Å². The van der Waals surface area contributed by atoms with Gasteiger partial charge >= 0.3 is 0 Å². The fourth-order valence-corrected chi connectivity index (χ4v) is 2.68. The lowest BCUT2D eigenvalue weighted by molar-refractivity contribution is 0.104. The number of carbonyl (C=O) groups is 1. The van der Waals surface area contributed by atoms with E-state index in [1.807, 2.05) is 60.7 Å². The minimum Gasteiger partial charge on any atom is -0.494 e. The zero-order valence-corrected chi connectivity index (χ0v) is 15.4. The molecule has 0 spiro atoms. The Hall–Kier alpha value is -1.87. The number of unbranched alkanes of at least 4 members (excludes halogenated alkanes) is 3. The second-order valence-corrected chi connectivity index (χ2v) is 6.38. The number of ketones is 1. The minimum atomic E-state index is 0.0133. The van der Waals surface area contributed by atoms with Crippen LogP contribution < -0.4 is 4.74 Å². The summed E-state index contributed by atoms with van der Waals surface area (Å²) in [6.45, 7) is 0.754. The minimum absolute atomic E-state index is 0.0133. The maximum Gasteiger partial charge on any atom is 0.185 e. The topological polar surface area (TPSA) is 26.3 Å². The molecule has 2 aromatic rings. The Kier molecular flexibility index (Phi) is 8.33. The maximum absolute atomic E-state index is 12.0. The number of carbonyl (C=O) groups excluding carboxylic acids is 1. The lowest BCUT2D eigenvalue weighted by Crippen LogP contribution is -1.97. The Morgan fingerprint density at radius 3 is 2.33 bits per heavy atom. The van der Waals surface area contributed by atoms with Gasteiger partial charge in [-0.3, -0.25) is 4.79 Å². The van der Waals surface area contributed by atoms with Gasteiger partial charge in [-0.15, -0.1) is 0 Å². The number of ether oxygens (including phenoxy) is 1. The van der Waals surface area contributed by atoms with E-state index in [0.29, 0.717) is 5.56 Å². The Morgan fingerprint density at radius 2 is 1.62 bits per heavy atom. The van der Waals surface area contributed by atoms with E-state index in [2.05, 4.69) is 15.9 Å². The first kappa shape index (κ1) is 18.5. The number of alkyl halides is 1. The van der Waals surface area contributed by atoms with Crippen molar-refractivity contribution in [1.82, 2.24) is 0 Å². The summed E-state index contributed by atoms with van der Waals surface area (Å²) in [6.07, 6.45) is 8.19. The van der Waals surface area contributed by atoms with Crippen LogP contribution in [0, 0.1) is 0 Å². The molecular formula is C21H23BrO2. The number of benzene rings is 2. The van der Waals surface area contributed by atoms with Crippen molar-refractivity contribution in [2.75, 3.05) is 11.9 Å². The molecule has 0 aromatic heterocycles. The molecule has 2 nitrogen and oxygen atoms in total. The van der Waals surface area contributed by atoms with E-state index in [1.54, 1.807) is 6.08 Å². The van der Waals surface area contributed by atoms with Gasteiger partial charge in [-0.25, -0.2) is 0 Å². The zero-order chi connectivity index (χ0) is 17.0. The number of hydrogen-bond acceptors (Lipinski definition) is 2. The fourth-order valence-electron chi connectivity index (χ4n) is 2.29. The summed E-state index contributed by atoms with van der Waals surface area (Å²) in [5, 5.41) is 1.08. The first-order valence-electron chi connectivity index (χ1n) is 8.36. The standard InChI is InChI=1S/C21H23BrO2/c22-16-6-1-2-7-17-24-20-13-10-18(11-14-20)12-15-21(23)19-8-4-3-5-9-19/h3-5,8-15H,1-2,6-7,16-17H2. The van der Waals surface area contributed by atoms with Gasteiger partial charge in [-0.1, -0.05) is 77.3 Å². The van der Waals surface area contributed by atoms with Crippen LogP contribution in [-0.4, -0.2) is 17.7 Å². The SMILES string of the molecule is O=C(C=Cc1ccc(OCCCCCCBr)cc1)c1ccccc1.